The van der Waals surface area contributed by atoms with E-state index in [4.69, 9.17) is 0 Å². The number of rotatable bonds is 4. The first kappa shape index (κ1) is 12.2. The predicted octanol–water partition coefficient (Wildman–Crippen LogP) is -0.519. The van der Waals surface area contributed by atoms with E-state index < -0.39 is 15.7 Å². The molecule has 0 aliphatic carbocycles. The van der Waals surface area contributed by atoms with Crippen LogP contribution < -0.4 is 10.9 Å². The Bertz CT molecular complexity index is 493. The van der Waals surface area contributed by atoms with Gasteiger partial charge in [0.15, 0.2) is 9.84 Å². The molecule has 0 heterocycles. The standard InChI is InChI=1S/C9H10N2O4S/c1-16(14,15)8-4-2-7(3-5-8)9(13)11-10-6-12/h2-6H,1H3,(H,10,12)(H,11,13). The van der Waals surface area contributed by atoms with E-state index in [1.807, 2.05) is 5.43 Å². The lowest BCUT2D eigenvalue weighted by molar-refractivity contribution is -0.110. The molecule has 0 spiro atoms. The van der Waals surface area contributed by atoms with Gasteiger partial charge in [-0.3, -0.25) is 20.4 Å². The lowest BCUT2D eigenvalue weighted by Gasteiger charge is -2.03. The van der Waals surface area contributed by atoms with Gasteiger partial charge in [0.1, 0.15) is 0 Å². The van der Waals surface area contributed by atoms with Crippen molar-refractivity contribution in [2.24, 2.45) is 0 Å². The molecule has 0 bridgehead atoms. The summed E-state index contributed by atoms with van der Waals surface area (Å²) in [5.41, 5.74) is 4.35. The summed E-state index contributed by atoms with van der Waals surface area (Å²) < 4.78 is 22.3. The Morgan fingerprint density at radius 1 is 1.25 bits per heavy atom. The van der Waals surface area contributed by atoms with Gasteiger partial charge in [-0.2, -0.15) is 0 Å². The molecule has 0 unspecified atom stereocenters. The zero-order valence-electron chi connectivity index (χ0n) is 8.43. The van der Waals surface area contributed by atoms with Gasteiger partial charge < -0.3 is 0 Å². The molecule has 0 saturated carbocycles. The maximum Gasteiger partial charge on any atom is 0.269 e. The SMILES string of the molecule is CS(=O)(=O)c1ccc(C(=O)NNC=O)cc1. The molecule has 0 atom stereocenters. The van der Waals surface area contributed by atoms with Crippen molar-refractivity contribution in [3.63, 3.8) is 0 Å². The average Bonchev–Trinajstić information content (AvgIpc) is 2.25. The van der Waals surface area contributed by atoms with Crippen molar-refractivity contribution in [3.05, 3.63) is 29.8 Å². The van der Waals surface area contributed by atoms with Gasteiger partial charge in [-0.25, -0.2) is 8.42 Å². The van der Waals surface area contributed by atoms with Gasteiger partial charge >= 0.3 is 0 Å². The molecule has 1 rings (SSSR count). The molecule has 7 heteroatoms. The molecule has 0 aliphatic rings. The highest BCUT2D eigenvalue weighted by atomic mass is 32.2. The second kappa shape index (κ2) is 4.75. The van der Waals surface area contributed by atoms with Crippen LogP contribution in [0.4, 0.5) is 0 Å². The van der Waals surface area contributed by atoms with Crippen LogP contribution in [0.5, 0.6) is 0 Å². The lowest BCUT2D eigenvalue weighted by Crippen LogP contribution is -2.36. The smallest absolute Gasteiger partial charge is 0.269 e. The van der Waals surface area contributed by atoms with Gasteiger partial charge in [-0.1, -0.05) is 0 Å². The van der Waals surface area contributed by atoms with Crippen molar-refractivity contribution in [2.45, 2.75) is 4.90 Å². The van der Waals surface area contributed by atoms with E-state index in [-0.39, 0.29) is 10.5 Å². The molecular formula is C9H10N2O4S. The number of carbonyl (C=O) groups is 2. The number of sulfone groups is 1. The number of hydrogen-bond acceptors (Lipinski definition) is 4. The quantitative estimate of drug-likeness (QED) is 0.549. The van der Waals surface area contributed by atoms with Gasteiger partial charge in [-0.05, 0) is 24.3 Å². The van der Waals surface area contributed by atoms with Crippen molar-refractivity contribution >= 4 is 22.2 Å². The first-order valence-electron chi connectivity index (χ1n) is 4.25. The highest BCUT2D eigenvalue weighted by molar-refractivity contribution is 7.90. The maximum atomic E-state index is 11.3. The fraction of sp³-hybridized carbons (Fsp3) is 0.111. The topological polar surface area (TPSA) is 92.3 Å². The average molecular weight is 242 g/mol. The molecule has 0 aliphatic heterocycles. The Morgan fingerprint density at radius 3 is 2.25 bits per heavy atom. The summed E-state index contributed by atoms with van der Waals surface area (Å²) in [6, 6.07) is 5.37. The molecule has 1 aromatic carbocycles. The van der Waals surface area contributed by atoms with Crippen molar-refractivity contribution < 1.29 is 18.0 Å². The van der Waals surface area contributed by atoms with Crippen LogP contribution in [0.3, 0.4) is 0 Å². The minimum absolute atomic E-state index is 0.132. The van der Waals surface area contributed by atoms with Crippen LogP contribution in [0.25, 0.3) is 0 Å². The highest BCUT2D eigenvalue weighted by Gasteiger charge is 2.09. The third kappa shape index (κ3) is 3.06. The largest absolute Gasteiger partial charge is 0.277 e. The van der Waals surface area contributed by atoms with E-state index in [0.29, 0.717) is 6.41 Å². The summed E-state index contributed by atoms with van der Waals surface area (Å²) in [5.74, 6) is -0.521. The Morgan fingerprint density at radius 2 is 1.81 bits per heavy atom. The number of hydrazine groups is 1. The molecule has 6 nitrogen and oxygen atoms in total. The zero-order valence-corrected chi connectivity index (χ0v) is 9.24. The van der Waals surface area contributed by atoms with E-state index in [0.717, 1.165) is 6.26 Å². The summed E-state index contributed by atoms with van der Waals surface area (Å²) in [6.07, 6.45) is 1.40. The molecule has 0 aromatic heterocycles. The fourth-order valence-corrected chi connectivity index (χ4v) is 1.65. The summed E-state index contributed by atoms with van der Waals surface area (Å²) in [4.78, 5) is 21.3. The summed E-state index contributed by atoms with van der Waals surface area (Å²) in [6.45, 7) is 0. The number of hydrogen-bond donors (Lipinski definition) is 2. The molecule has 0 saturated heterocycles. The van der Waals surface area contributed by atoms with Crippen LogP contribution in [-0.4, -0.2) is 27.0 Å². The molecule has 2 amide bonds. The van der Waals surface area contributed by atoms with Crippen molar-refractivity contribution in [2.75, 3.05) is 6.26 Å². The molecular weight excluding hydrogens is 232 g/mol. The Balaban J connectivity index is 2.87. The summed E-state index contributed by atoms with van der Waals surface area (Å²) in [5, 5.41) is 0. The number of benzene rings is 1. The summed E-state index contributed by atoms with van der Waals surface area (Å²) >= 11 is 0. The van der Waals surface area contributed by atoms with Crippen LogP contribution in [0, 0.1) is 0 Å². The van der Waals surface area contributed by atoms with Gasteiger partial charge in [0.25, 0.3) is 5.91 Å². The van der Waals surface area contributed by atoms with Gasteiger partial charge in [0.2, 0.25) is 6.41 Å². The van der Waals surface area contributed by atoms with E-state index in [9.17, 15) is 18.0 Å². The molecule has 86 valence electrons. The Hall–Kier alpha value is -1.89. The molecule has 0 fully saturated rings. The fourth-order valence-electron chi connectivity index (χ4n) is 1.02. The van der Waals surface area contributed by atoms with Crippen LogP contribution in [0.2, 0.25) is 0 Å². The van der Waals surface area contributed by atoms with E-state index >= 15 is 0 Å². The Kier molecular flexibility index (Phi) is 3.62. The third-order valence-electron chi connectivity index (χ3n) is 1.79. The van der Waals surface area contributed by atoms with Crippen molar-refractivity contribution in [1.29, 1.82) is 0 Å². The van der Waals surface area contributed by atoms with E-state index in [2.05, 4.69) is 5.43 Å². The van der Waals surface area contributed by atoms with Crippen LogP contribution in [-0.2, 0) is 14.6 Å². The minimum atomic E-state index is -3.27. The van der Waals surface area contributed by atoms with Crippen LogP contribution >= 0.6 is 0 Å². The molecule has 1 aromatic rings. The molecule has 2 N–H and O–H groups in total. The van der Waals surface area contributed by atoms with E-state index in [1.54, 1.807) is 0 Å². The van der Waals surface area contributed by atoms with Gasteiger partial charge in [0, 0.05) is 11.8 Å². The van der Waals surface area contributed by atoms with Gasteiger partial charge in [0.05, 0.1) is 4.90 Å². The first-order chi connectivity index (χ1) is 7.45. The van der Waals surface area contributed by atoms with Gasteiger partial charge in [-0.15, -0.1) is 0 Å². The molecule has 16 heavy (non-hydrogen) atoms. The van der Waals surface area contributed by atoms with Crippen molar-refractivity contribution in [1.82, 2.24) is 10.9 Å². The maximum absolute atomic E-state index is 11.3. The van der Waals surface area contributed by atoms with Crippen LogP contribution in [0.1, 0.15) is 10.4 Å². The minimum Gasteiger partial charge on any atom is -0.277 e. The lowest BCUT2D eigenvalue weighted by atomic mass is 10.2. The predicted molar refractivity (Wildman–Crippen MR) is 56.2 cm³/mol. The number of amides is 2. The second-order valence-electron chi connectivity index (χ2n) is 3.01. The van der Waals surface area contributed by atoms with Crippen LogP contribution in [0.15, 0.2) is 29.2 Å². The second-order valence-corrected chi connectivity index (χ2v) is 5.03. The van der Waals surface area contributed by atoms with E-state index in [1.165, 1.54) is 24.3 Å². The normalized spacial score (nSPS) is 10.6. The van der Waals surface area contributed by atoms with Crippen molar-refractivity contribution in [3.8, 4) is 0 Å². The monoisotopic (exact) mass is 242 g/mol. The number of carbonyl (C=O) groups excluding carboxylic acids is 2. The Labute approximate surface area is 92.5 Å². The number of nitrogens with one attached hydrogen (secondary N) is 2. The zero-order chi connectivity index (χ0) is 12.2. The third-order valence-corrected chi connectivity index (χ3v) is 2.92. The molecule has 0 radical (unpaired) electrons. The first-order valence-corrected chi connectivity index (χ1v) is 6.14. The summed E-state index contributed by atoms with van der Waals surface area (Å²) in [7, 11) is -3.27. The highest BCUT2D eigenvalue weighted by Crippen LogP contribution is 2.09.